The molecule has 9 aromatic carbocycles. The molecule has 12 rings (SSSR count). The largest absolute Gasteiger partial charge is 0.455 e. The molecule has 0 radical (unpaired) electrons. The quantitative estimate of drug-likeness (QED) is 0.170. The highest BCUT2D eigenvalue weighted by molar-refractivity contribution is 6.34. The monoisotopic (exact) mass is 676 g/mol. The van der Waals surface area contributed by atoms with Crippen molar-refractivity contribution < 1.29 is 8.83 Å². The topological polar surface area (TPSA) is 26.3 Å². The van der Waals surface area contributed by atoms with E-state index in [1.54, 1.807) is 0 Å². The van der Waals surface area contributed by atoms with Crippen LogP contribution in [0.3, 0.4) is 0 Å². The molecule has 0 atom stereocenters. The van der Waals surface area contributed by atoms with E-state index in [9.17, 15) is 0 Å². The Morgan fingerprint density at radius 3 is 1.45 bits per heavy atom. The van der Waals surface area contributed by atoms with E-state index in [0.717, 1.165) is 60.2 Å². The summed E-state index contributed by atoms with van der Waals surface area (Å²) in [4.78, 5) is 0. The first kappa shape index (κ1) is 29.0. The van der Waals surface area contributed by atoms with E-state index in [4.69, 9.17) is 8.83 Å². The lowest BCUT2D eigenvalue weighted by atomic mass is 9.80. The van der Waals surface area contributed by atoms with Crippen LogP contribution in [0.5, 0.6) is 0 Å². The number of hydrogen-bond acceptors (Lipinski definition) is 2. The lowest BCUT2D eigenvalue weighted by Crippen LogP contribution is -2.14. The minimum atomic E-state index is -0.0743. The van der Waals surface area contributed by atoms with Gasteiger partial charge in [0, 0.05) is 37.7 Å². The van der Waals surface area contributed by atoms with E-state index < -0.39 is 0 Å². The molecular weight excluding hydrogens is 645 g/mol. The molecule has 248 valence electrons. The second-order valence-electron chi connectivity index (χ2n) is 15.1. The molecule has 0 aliphatic heterocycles. The van der Waals surface area contributed by atoms with E-state index in [1.165, 1.54) is 60.5 Å². The van der Waals surface area contributed by atoms with Gasteiger partial charge in [0.1, 0.15) is 22.3 Å². The van der Waals surface area contributed by atoms with Gasteiger partial charge in [-0.15, -0.1) is 0 Å². The van der Waals surface area contributed by atoms with Gasteiger partial charge in [-0.1, -0.05) is 147 Å². The SMILES string of the molecule is CC1(C)c2ccccc2-c2ccc(-c3c4ccccc4c(-c4ccc5c(c4)oc4c6ccccc6c6oc7ccccc7c6c54)c4ccccc34)cc21. The molecule has 0 saturated heterocycles. The molecule has 2 aromatic heterocycles. The average Bonchev–Trinajstić information content (AvgIpc) is 3.85. The average molecular weight is 677 g/mol. The zero-order valence-electron chi connectivity index (χ0n) is 29.3. The molecular formula is C51H32O2. The summed E-state index contributed by atoms with van der Waals surface area (Å²) in [6, 6.07) is 57.4. The Bertz CT molecular complexity index is 3310. The van der Waals surface area contributed by atoms with E-state index in [1.807, 2.05) is 6.07 Å². The van der Waals surface area contributed by atoms with Crippen molar-refractivity contribution in [3.05, 3.63) is 169 Å². The molecule has 0 spiro atoms. The third-order valence-electron chi connectivity index (χ3n) is 12.0. The summed E-state index contributed by atoms with van der Waals surface area (Å²) in [7, 11) is 0. The summed E-state index contributed by atoms with van der Waals surface area (Å²) in [5, 5.41) is 11.5. The first-order valence-electron chi connectivity index (χ1n) is 18.4. The highest BCUT2D eigenvalue weighted by Crippen LogP contribution is 2.52. The van der Waals surface area contributed by atoms with Gasteiger partial charge in [0.2, 0.25) is 0 Å². The molecule has 0 amide bonds. The van der Waals surface area contributed by atoms with Gasteiger partial charge in [0.25, 0.3) is 0 Å². The van der Waals surface area contributed by atoms with Crippen LogP contribution in [0.15, 0.2) is 167 Å². The highest BCUT2D eigenvalue weighted by atomic mass is 16.3. The van der Waals surface area contributed by atoms with Crippen molar-refractivity contribution >= 4 is 76.2 Å². The molecule has 1 aliphatic rings. The number of benzene rings is 9. The molecule has 0 bridgehead atoms. The van der Waals surface area contributed by atoms with Gasteiger partial charge in [-0.3, -0.25) is 0 Å². The Balaban J connectivity index is 1.13. The summed E-state index contributed by atoms with van der Waals surface area (Å²) in [6.45, 7) is 4.72. The van der Waals surface area contributed by atoms with Gasteiger partial charge >= 0.3 is 0 Å². The van der Waals surface area contributed by atoms with Crippen molar-refractivity contribution in [2.24, 2.45) is 0 Å². The highest BCUT2D eigenvalue weighted by Gasteiger charge is 2.35. The van der Waals surface area contributed by atoms with Crippen LogP contribution in [-0.4, -0.2) is 0 Å². The first-order chi connectivity index (χ1) is 26.1. The zero-order valence-corrected chi connectivity index (χ0v) is 29.3. The smallest absolute Gasteiger partial charge is 0.144 e. The fourth-order valence-electron chi connectivity index (χ4n) is 9.66. The molecule has 11 aromatic rings. The Morgan fingerprint density at radius 1 is 0.358 bits per heavy atom. The molecule has 0 saturated carbocycles. The van der Waals surface area contributed by atoms with Crippen LogP contribution in [0.4, 0.5) is 0 Å². The molecule has 53 heavy (non-hydrogen) atoms. The second kappa shape index (κ2) is 10.2. The Hall–Kier alpha value is -6.64. The summed E-state index contributed by atoms with van der Waals surface area (Å²) < 4.78 is 13.5. The molecule has 0 N–H and O–H groups in total. The number of hydrogen-bond donors (Lipinski definition) is 0. The van der Waals surface area contributed by atoms with Gasteiger partial charge in [-0.25, -0.2) is 0 Å². The maximum Gasteiger partial charge on any atom is 0.144 e. The maximum atomic E-state index is 6.92. The maximum absolute atomic E-state index is 6.92. The Morgan fingerprint density at radius 2 is 0.811 bits per heavy atom. The van der Waals surface area contributed by atoms with Gasteiger partial charge < -0.3 is 8.83 Å². The van der Waals surface area contributed by atoms with Crippen molar-refractivity contribution in [2.45, 2.75) is 19.3 Å². The van der Waals surface area contributed by atoms with Crippen LogP contribution in [0.25, 0.3) is 110 Å². The van der Waals surface area contributed by atoms with Crippen LogP contribution >= 0.6 is 0 Å². The lowest BCUT2D eigenvalue weighted by molar-refractivity contribution is 0.660. The summed E-state index contributed by atoms with van der Waals surface area (Å²) >= 11 is 0. The molecule has 0 fully saturated rings. The van der Waals surface area contributed by atoms with Crippen LogP contribution < -0.4 is 0 Å². The van der Waals surface area contributed by atoms with Crippen LogP contribution in [0.1, 0.15) is 25.0 Å². The molecule has 1 aliphatic carbocycles. The van der Waals surface area contributed by atoms with Crippen molar-refractivity contribution in [3.8, 4) is 33.4 Å². The van der Waals surface area contributed by atoms with Gasteiger partial charge in [0.05, 0.1) is 0 Å². The molecule has 0 unspecified atom stereocenters. The van der Waals surface area contributed by atoms with Gasteiger partial charge in [0.15, 0.2) is 0 Å². The summed E-state index contributed by atoms with van der Waals surface area (Å²) in [5.74, 6) is 0. The van der Waals surface area contributed by atoms with Crippen molar-refractivity contribution in [1.29, 1.82) is 0 Å². The molecule has 2 heterocycles. The fourth-order valence-corrected chi connectivity index (χ4v) is 9.66. The number of rotatable bonds is 2. The Labute approximate surface area is 305 Å². The summed E-state index contributed by atoms with van der Waals surface area (Å²) in [6.07, 6.45) is 0. The van der Waals surface area contributed by atoms with Crippen molar-refractivity contribution in [2.75, 3.05) is 0 Å². The standard InChI is InChI=1S/C51H32O2/c1-51(2)41-21-11-9-13-31(41)32-25-23-29(27-42(32)51)45-33-14-3-5-16-35(33)46(36-17-6-4-15-34(36)45)30-24-26-40-44(28-30)53-50-38-19-8-7-18-37(38)49-47(48(40)50)39-20-10-12-22-43(39)52-49/h3-28H,1-2H3. The third kappa shape index (κ3) is 3.77. The predicted octanol–water partition coefficient (Wildman–Crippen LogP) is 14.6. The van der Waals surface area contributed by atoms with E-state index in [2.05, 4.69) is 166 Å². The minimum Gasteiger partial charge on any atom is -0.455 e. The predicted molar refractivity (Wildman–Crippen MR) is 222 cm³/mol. The van der Waals surface area contributed by atoms with Crippen LogP contribution in [0, 0.1) is 0 Å². The third-order valence-corrected chi connectivity index (χ3v) is 12.0. The minimum absolute atomic E-state index is 0.0743. The molecule has 2 heteroatoms. The Kier molecular flexibility index (Phi) is 5.60. The number of para-hydroxylation sites is 1. The van der Waals surface area contributed by atoms with Crippen molar-refractivity contribution in [1.82, 2.24) is 0 Å². The van der Waals surface area contributed by atoms with Crippen LogP contribution in [0.2, 0.25) is 0 Å². The van der Waals surface area contributed by atoms with Gasteiger partial charge in [-0.05, 0) is 90.3 Å². The van der Waals surface area contributed by atoms with E-state index >= 15 is 0 Å². The van der Waals surface area contributed by atoms with E-state index in [0.29, 0.717) is 0 Å². The molecule has 2 nitrogen and oxygen atoms in total. The first-order valence-corrected chi connectivity index (χ1v) is 18.4. The zero-order chi connectivity index (χ0) is 35.0. The van der Waals surface area contributed by atoms with E-state index in [-0.39, 0.29) is 5.41 Å². The van der Waals surface area contributed by atoms with Gasteiger partial charge in [-0.2, -0.15) is 0 Å². The number of furan rings is 2. The fraction of sp³-hybridized carbons (Fsp3) is 0.0588. The normalized spacial score (nSPS) is 13.6. The number of fused-ring (bicyclic) bond motifs is 15. The summed E-state index contributed by atoms with van der Waals surface area (Å²) in [5.41, 5.74) is 13.9. The second-order valence-corrected chi connectivity index (χ2v) is 15.1. The van der Waals surface area contributed by atoms with Crippen molar-refractivity contribution in [3.63, 3.8) is 0 Å². The lowest BCUT2D eigenvalue weighted by Gasteiger charge is -2.23. The van der Waals surface area contributed by atoms with Crippen LogP contribution in [-0.2, 0) is 5.41 Å².